The first-order valence-electron chi connectivity index (χ1n) is 7.31. The van der Waals surface area contributed by atoms with Crippen molar-refractivity contribution in [1.29, 1.82) is 0 Å². The van der Waals surface area contributed by atoms with Gasteiger partial charge in [-0.1, -0.05) is 12.1 Å². The normalized spacial score (nSPS) is 22.3. The van der Waals surface area contributed by atoms with E-state index in [1.165, 1.54) is 6.42 Å². The van der Waals surface area contributed by atoms with Gasteiger partial charge in [0.1, 0.15) is 5.52 Å². The standard InChI is InChI=1S/C15H20N4O/c1-3-19-14-7-5-11(9-13(14)17-18-19)15(20)16-12-6-4-10(2)8-12/h5,7,9-10,12H,3-4,6,8H2,1-2H3,(H,16,20). The molecule has 0 spiro atoms. The Morgan fingerprint density at radius 1 is 1.45 bits per heavy atom. The predicted molar refractivity (Wildman–Crippen MR) is 77.5 cm³/mol. The van der Waals surface area contributed by atoms with Gasteiger partial charge in [-0.25, -0.2) is 4.68 Å². The van der Waals surface area contributed by atoms with Crippen molar-refractivity contribution in [3.05, 3.63) is 23.8 Å². The number of nitrogens with zero attached hydrogens (tertiary/aromatic N) is 3. The molecule has 1 aliphatic carbocycles. The molecule has 1 aliphatic rings. The molecule has 2 aromatic rings. The minimum Gasteiger partial charge on any atom is -0.349 e. The summed E-state index contributed by atoms with van der Waals surface area (Å²) in [4.78, 5) is 12.3. The van der Waals surface area contributed by atoms with Gasteiger partial charge in [-0.3, -0.25) is 4.79 Å². The lowest BCUT2D eigenvalue weighted by Gasteiger charge is -2.12. The number of aryl methyl sites for hydroxylation is 1. The van der Waals surface area contributed by atoms with Crippen molar-refractivity contribution in [2.45, 2.75) is 45.7 Å². The van der Waals surface area contributed by atoms with Crippen LogP contribution in [0.2, 0.25) is 0 Å². The van der Waals surface area contributed by atoms with Gasteiger partial charge in [-0.15, -0.1) is 5.10 Å². The third-order valence-corrected chi connectivity index (χ3v) is 4.11. The molecule has 20 heavy (non-hydrogen) atoms. The highest BCUT2D eigenvalue weighted by Crippen LogP contribution is 2.25. The highest BCUT2D eigenvalue weighted by atomic mass is 16.1. The number of fused-ring (bicyclic) bond motifs is 1. The molecule has 3 rings (SSSR count). The summed E-state index contributed by atoms with van der Waals surface area (Å²) in [7, 11) is 0. The van der Waals surface area contributed by atoms with E-state index in [9.17, 15) is 4.79 Å². The van der Waals surface area contributed by atoms with E-state index in [0.717, 1.165) is 30.4 Å². The van der Waals surface area contributed by atoms with Crippen LogP contribution in [0.1, 0.15) is 43.5 Å². The molecular formula is C15H20N4O. The number of carbonyl (C=O) groups is 1. The molecule has 1 amide bonds. The molecular weight excluding hydrogens is 252 g/mol. The van der Waals surface area contributed by atoms with Gasteiger partial charge in [-0.2, -0.15) is 0 Å². The van der Waals surface area contributed by atoms with Crippen molar-refractivity contribution in [1.82, 2.24) is 20.3 Å². The van der Waals surface area contributed by atoms with Crippen LogP contribution in [0.4, 0.5) is 0 Å². The summed E-state index contributed by atoms with van der Waals surface area (Å²) < 4.78 is 1.83. The van der Waals surface area contributed by atoms with Crippen LogP contribution >= 0.6 is 0 Å². The first-order chi connectivity index (χ1) is 9.67. The van der Waals surface area contributed by atoms with Gasteiger partial charge in [0.25, 0.3) is 5.91 Å². The van der Waals surface area contributed by atoms with Gasteiger partial charge >= 0.3 is 0 Å². The van der Waals surface area contributed by atoms with Crippen LogP contribution in [0, 0.1) is 5.92 Å². The molecule has 0 bridgehead atoms. The Labute approximate surface area is 118 Å². The minimum atomic E-state index is -0.00273. The number of rotatable bonds is 3. The van der Waals surface area contributed by atoms with Crippen LogP contribution in [-0.2, 0) is 6.54 Å². The average Bonchev–Trinajstić information content (AvgIpc) is 3.03. The molecule has 0 radical (unpaired) electrons. The van der Waals surface area contributed by atoms with E-state index >= 15 is 0 Å². The lowest BCUT2D eigenvalue weighted by Crippen LogP contribution is -2.32. The van der Waals surface area contributed by atoms with Gasteiger partial charge in [0.2, 0.25) is 0 Å². The molecule has 5 nitrogen and oxygen atoms in total. The second-order valence-electron chi connectivity index (χ2n) is 5.70. The monoisotopic (exact) mass is 272 g/mol. The van der Waals surface area contributed by atoms with E-state index < -0.39 is 0 Å². The van der Waals surface area contributed by atoms with E-state index in [1.54, 1.807) is 0 Å². The predicted octanol–water partition coefficient (Wildman–Crippen LogP) is 2.37. The Kier molecular flexibility index (Phi) is 3.42. The average molecular weight is 272 g/mol. The number of hydrogen-bond acceptors (Lipinski definition) is 3. The number of aromatic nitrogens is 3. The van der Waals surface area contributed by atoms with Crippen LogP contribution in [-0.4, -0.2) is 26.9 Å². The van der Waals surface area contributed by atoms with E-state index in [-0.39, 0.29) is 5.91 Å². The maximum absolute atomic E-state index is 12.3. The number of benzene rings is 1. The summed E-state index contributed by atoms with van der Waals surface area (Å²) in [5.41, 5.74) is 2.41. The zero-order chi connectivity index (χ0) is 14.1. The molecule has 2 atom stereocenters. The van der Waals surface area contributed by atoms with Gasteiger partial charge in [0, 0.05) is 18.2 Å². The van der Waals surface area contributed by atoms with Crippen molar-refractivity contribution in [2.24, 2.45) is 5.92 Å². The molecule has 0 saturated heterocycles. The Balaban J connectivity index is 1.78. The molecule has 2 unspecified atom stereocenters. The SMILES string of the molecule is CCn1nnc2cc(C(=O)NC3CCC(C)C3)ccc21. The van der Waals surface area contributed by atoms with Crippen LogP contribution in [0.15, 0.2) is 18.2 Å². The number of carbonyl (C=O) groups excluding carboxylic acids is 1. The second-order valence-corrected chi connectivity index (χ2v) is 5.70. The molecule has 1 fully saturated rings. The molecule has 0 aliphatic heterocycles. The first kappa shape index (κ1) is 13.1. The van der Waals surface area contributed by atoms with E-state index in [2.05, 4.69) is 22.6 Å². The fourth-order valence-electron chi connectivity index (χ4n) is 2.95. The minimum absolute atomic E-state index is 0.00273. The van der Waals surface area contributed by atoms with E-state index in [4.69, 9.17) is 0 Å². The molecule has 1 aromatic heterocycles. The number of nitrogens with one attached hydrogen (secondary N) is 1. The van der Waals surface area contributed by atoms with Crippen molar-refractivity contribution < 1.29 is 4.79 Å². The van der Waals surface area contributed by atoms with Crippen molar-refractivity contribution in [2.75, 3.05) is 0 Å². The largest absolute Gasteiger partial charge is 0.349 e. The smallest absolute Gasteiger partial charge is 0.251 e. The Hall–Kier alpha value is -1.91. The Bertz CT molecular complexity index is 634. The fraction of sp³-hybridized carbons (Fsp3) is 0.533. The zero-order valence-corrected chi connectivity index (χ0v) is 12.0. The van der Waals surface area contributed by atoms with Crippen molar-refractivity contribution >= 4 is 16.9 Å². The maximum atomic E-state index is 12.3. The molecule has 1 N–H and O–H groups in total. The third kappa shape index (κ3) is 2.40. The maximum Gasteiger partial charge on any atom is 0.251 e. The first-order valence-corrected chi connectivity index (χ1v) is 7.31. The van der Waals surface area contributed by atoms with Crippen molar-refractivity contribution in [3.8, 4) is 0 Å². The van der Waals surface area contributed by atoms with Crippen molar-refractivity contribution in [3.63, 3.8) is 0 Å². The van der Waals surface area contributed by atoms with Crippen LogP contribution < -0.4 is 5.32 Å². The van der Waals surface area contributed by atoms with Crippen LogP contribution in [0.25, 0.3) is 11.0 Å². The fourth-order valence-corrected chi connectivity index (χ4v) is 2.95. The molecule has 1 aromatic carbocycles. The van der Waals surface area contributed by atoms with Gasteiger partial charge in [0.05, 0.1) is 5.52 Å². The summed E-state index contributed by atoms with van der Waals surface area (Å²) in [6.07, 6.45) is 3.37. The summed E-state index contributed by atoms with van der Waals surface area (Å²) >= 11 is 0. The summed E-state index contributed by atoms with van der Waals surface area (Å²) in [5.74, 6) is 0.712. The van der Waals surface area contributed by atoms with Crippen LogP contribution in [0.5, 0.6) is 0 Å². The molecule has 1 heterocycles. The molecule has 1 saturated carbocycles. The lowest BCUT2D eigenvalue weighted by atomic mass is 10.1. The van der Waals surface area contributed by atoms with Gasteiger partial charge in [-0.05, 0) is 50.3 Å². The molecule has 106 valence electrons. The number of amides is 1. The number of hydrogen-bond donors (Lipinski definition) is 1. The highest BCUT2D eigenvalue weighted by molar-refractivity contribution is 5.97. The van der Waals surface area contributed by atoms with E-state index in [0.29, 0.717) is 17.5 Å². The summed E-state index contributed by atoms with van der Waals surface area (Å²) in [6, 6.07) is 5.92. The Morgan fingerprint density at radius 2 is 2.30 bits per heavy atom. The highest BCUT2D eigenvalue weighted by Gasteiger charge is 2.23. The van der Waals surface area contributed by atoms with Gasteiger partial charge in [0.15, 0.2) is 0 Å². The zero-order valence-electron chi connectivity index (χ0n) is 12.0. The third-order valence-electron chi connectivity index (χ3n) is 4.11. The van der Waals surface area contributed by atoms with E-state index in [1.807, 2.05) is 29.8 Å². The van der Waals surface area contributed by atoms with Crippen LogP contribution in [0.3, 0.4) is 0 Å². The van der Waals surface area contributed by atoms with Gasteiger partial charge < -0.3 is 5.32 Å². The molecule has 5 heteroatoms. The summed E-state index contributed by atoms with van der Waals surface area (Å²) in [5, 5.41) is 11.3. The Morgan fingerprint density at radius 3 is 3.00 bits per heavy atom. The second kappa shape index (κ2) is 5.23. The quantitative estimate of drug-likeness (QED) is 0.933. The lowest BCUT2D eigenvalue weighted by molar-refractivity contribution is 0.0937. The summed E-state index contributed by atoms with van der Waals surface area (Å²) in [6.45, 7) is 5.04. The topological polar surface area (TPSA) is 59.8 Å².